The molecule has 22 heavy (non-hydrogen) atoms. The quantitative estimate of drug-likeness (QED) is 0.668. The van der Waals surface area contributed by atoms with Crippen molar-refractivity contribution in [1.82, 2.24) is 20.2 Å². The Kier molecular flexibility index (Phi) is 4.26. The van der Waals surface area contributed by atoms with E-state index in [9.17, 15) is 0 Å². The summed E-state index contributed by atoms with van der Waals surface area (Å²) in [5, 5.41) is 11.9. The van der Waals surface area contributed by atoms with Crippen LogP contribution in [0.1, 0.15) is 31.5 Å². The number of pyridine rings is 1. The van der Waals surface area contributed by atoms with Crippen LogP contribution < -0.4 is 0 Å². The van der Waals surface area contributed by atoms with E-state index < -0.39 is 0 Å². The second-order valence-corrected chi connectivity index (χ2v) is 7.58. The van der Waals surface area contributed by atoms with Gasteiger partial charge in [-0.25, -0.2) is 4.98 Å². The molecule has 0 aromatic carbocycles. The SMILES string of the molecule is CC(C)(C)c1nc(CSc2nnc(-c3ccncc3)o2)cs1. The molecule has 0 atom stereocenters. The Hall–Kier alpha value is -1.73. The van der Waals surface area contributed by atoms with Crippen LogP contribution in [0, 0.1) is 0 Å². The number of rotatable bonds is 4. The lowest BCUT2D eigenvalue weighted by atomic mass is 9.98. The summed E-state index contributed by atoms with van der Waals surface area (Å²) in [6, 6.07) is 3.69. The van der Waals surface area contributed by atoms with Crippen molar-refractivity contribution >= 4 is 23.1 Å². The van der Waals surface area contributed by atoms with Gasteiger partial charge in [0.2, 0.25) is 5.89 Å². The van der Waals surface area contributed by atoms with Gasteiger partial charge in [0.05, 0.1) is 10.7 Å². The van der Waals surface area contributed by atoms with E-state index in [1.165, 1.54) is 11.8 Å². The molecule has 5 nitrogen and oxygen atoms in total. The van der Waals surface area contributed by atoms with Gasteiger partial charge in [0.25, 0.3) is 5.22 Å². The molecule has 0 radical (unpaired) electrons. The van der Waals surface area contributed by atoms with Crippen molar-refractivity contribution in [3.8, 4) is 11.5 Å². The lowest BCUT2D eigenvalue weighted by molar-refractivity contribution is 0.465. The molecular weight excluding hydrogens is 316 g/mol. The summed E-state index contributed by atoms with van der Waals surface area (Å²) in [7, 11) is 0. The van der Waals surface area contributed by atoms with E-state index in [1.807, 2.05) is 12.1 Å². The fourth-order valence-corrected chi connectivity index (χ4v) is 3.40. The van der Waals surface area contributed by atoms with Crippen LogP contribution in [0.5, 0.6) is 0 Å². The van der Waals surface area contributed by atoms with Crippen LogP contribution in [0.3, 0.4) is 0 Å². The van der Waals surface area contributed by atoms with Crippen LogP contribution in [0.2, 0.25) is 0 Å². The second-order valence-electron chi connectivity index (χ2n) is 5.79. The summed E-state index contributed by atoms with van der Waals surface area (Å²) in [5.74, 6) is 1.24. The van der Waals surface area contributed by atoms with Gasteiger partial charge in [-0.05, 0) is 12.1 Å². The fraction of sp³-hybridized carbons (Fsp3) is 0.333. The minimum absolute atomic E-state index is 0.0899. The number of hydrogen-bond donors (Lipinski definition) is 0. The van der Waals surface area contributed by atoms with E-state index in [2.05, 4.69) is 46.3 Å². The molecule has 3 aromatic rings. The molecule has 0 aliphatic heterocycles. The molecular formula is C15H16N4OS2. The smallest absolute Gasteiger partial charge is 0.277 e. The van der Waals surface area contributed by atoms with Crippen molar-refractivity contribution in [1.29, 1.82) is 0 Å². The Morgan fingerprint density at radius 3 is 2.64 bits per heavy atom. The first kappa shape index (κ1) is 15.2. The highest BCUT2D eigenvalue weighted by Crippen LogP contribution is 2.29. The number of thiazole rings is 1. The standard InChI is InChI=1S/C15H16N4OS2/c1-15(2,3)13-17-11(8-21-13)9-22-14-19-18-12(20-14)10-4-6-16-7-5-10/h4-8H,9H2,1-3H3. The van der Waals surface area contributed by atoms with Gasteiger partial charge in [0.1, 0.15) is 0 Å². The molecule has 0 aliphatic carbocycles. The summed E-state index contributed by atoms with van der Waals surface area (Å²) in [6.07, 6.45) is 3.41. The summed E-state index contributed by atoms with van der Waals surface area (Å²) >= 11 is 3.20. The Balaban J connectivity index is 1.65. The summed E-state index contributed by atoms with van der Waals surface area (Å²) in [4.78, 5) is 8.63. The molecule has 0 unspecified atom stereocenters. The predicted octanol–water partition coefficient (Wildman–Crippen LogP) is 4.18. The van der Waals surface area contributed by atoms with Gasteiger partial charge in [-0.2, -0.15) is 0 Å². The highest BCUT2D eigenvalue weighted by molar-refractivity contribution is 7.98. The molecule has 0 aliphatic rings. The molecule has 0 amide bonds. The van der Waals surface area contributed by atoms with E-state index in [-0.39, 0.29) is 5.41 Å². The van der Waals surface area contributed by atoms with Gasteiger partial charge in [0.15, 0.2) is 0 Å². The Bertz CT molecular complexity index is 746. The van der Waals surface area contributed by atoms with Gasteiger partial charge in [-0.3, -0.25) is 4.98 Å². The van der Waals surface area contributed by atoms with Gasteiger partial charge in [-0.15, -0.1) is 21.5 Å². The molecule has 0 N–H and O–H groups in total. The zero-order valence-electron chi connectivity index (χ0n) is 12.6. The van der Waals surface area contributed by atoms with Crippen LogP contribution >= 0.6 is 23.1 Å². The Morgan fingerprint density at radius 1 is 1.18 bits per heavy atom. The topological polar surface area (TPSA) is 64.7 Å². The maximum atomic E-state index is 5.65. The van der Waals surface area contributed by atoms with E-state index >= 15 is 0 Å². The van der Waals surface area contributed by atoms with E-state index in [0.29, 0.717) is 11.1 Å². The molecule has 0 spiro atoms. The largest absolute Gasteiger partial charge is 0.411 e. The van der Waals surface area contributed by atoms with Crippen LogP contribution in [0.15, 0.2) is 39.5 Å². The number of hydrogen-bond acceptors (Lipinski definition) is 7. The third-order valence-electron chi connectivity index (χ3n) is 2.87. The molecule has 0 fully saturated rings. The average Bonchev–Trinajstić information content (AvgIpc) is 3.15. The summed E-state index contributed by atoms with van der Waals surface area (Å²) in [5.41, 5.74) is 2.01. The molecule has 3 heterocycles. The first-order valence-electron chi connectivity index (χ1n) is 6.84. The molecule has 0 saturated heterocycles. The minimum atomic E-state index is 0.0899. The maximum Gasteiger partial charge on any atom is 0.277 e. The molecule has 0 bridgehead atoms. The number of aromatic nitrogens is 4. The predicted molar refractivity (Wildman–Crippen MR) is 87.9 cm³/mol. The fourth-order valence-electron chi connectivity index (χ4n) is 1.73. The van der Waals surface area contributed by atoms with Crippen LogP contribution in [0.4, 0.5) is 0 Å². The third-order valence-corrected chi connectivity index (χ3v) is 5.04. The molecule has 114 valence electrons. The molecule has 3 aromatic heterocycles. The van der Waals surface area contributed by atoms with Gasteiger partial charge < -0.3 is 4.42 Å². The van der Waals surface area contributed by atoms with E-state index in [0.717, 1.165) is 22.0 Å². The van der Waals surface area contributed by atoms with Gasteiger partial charge >= 0.3 is 0 Å². The van der Waals surface area contributed by atoms with Crippen LogP contribution in [-0.4, -0.2) is 20.2 Å². The maximum absolute atomic E-state index is 5.65. The van der Waals surface area contributed by atoms with E-state index in [1.54, 1.807) is 23.7 Å². The van der Waals surface area contributed by atoms with Crippen molar-refractivity contribution in [2.24, 2.45) is 0 Å². The Morgan fingerprint density at radius 2 is 1.95 bits per heavy atom. The average molecular weight is 332 g/mol. The second kappa shape index (κ2) is 6.18. The number of nitrogens with zero attached hydrogens (tertiary/aromatic N) is 4. The van der Waals surface area contributed by atoms with Crippen LogP contribution in [0.25, 0.3) is 11.5 Å². The van der Waals surface area contributed by atoms with Gasteiger partial charge in [0, 0.05) is 34.5 Å². The van der Waals surface area contributed by atoms with Gasteiger partial charge in [-0.1, -0.05) is 32.5 Å². The third kappa shape index (κ3) is 3.53. The van der Waals surface area contributed by atoms with Crippen molar-refractivity contribution in [2.75, 3.05) is 0 Å². The first-order valence-corrected chi connectivity index (χ1v) is 8.70. The zero-order valence-corrected chi connectivity index (χ0v) is 14.2. The molecule has 0 saturated carbocycles. The normalized spacial score (nSPS) is 11.8. The number of thioether (sulfide) groups is 1. The van der Waals surface area contributed by atoms with Crippen molar-refractivity contribution in [3.05, 3.63) is 40.6 Å². The first-order chi connectivity index (χ1) is 10.5. The molecule has 3 rings (SSSR count). The highest BCUT2D eigenvalue weighted by atomic mass is 32.2. The lowest BCUT2D eigenvalue weighted by Crippen LogP contribution is -2.10. The van der Waals surface area contributed by atoms with Crippen molar-refractivity contribution in [2.45, 2.75) is 37.2 Å². The highest BCUT2D eigenvalue weighted by Gasteiger charge is 2.18. The van der Waals surface area contributed by atoms with Crippen molar-refractivity contribution in [3.63, 3.8) is 0 Å². The van der Waals surface area contributed by atoms with E-state index in [4.69, 9.17) is 4.42 Å². The zero-order chi connectivity index (χ0) is 15.6. The van der Waals surface area contributed by atoms with Crippen LogP contribution in [-0.2, 0) is 11.2 Å². The molecule has 7 heteroatoms. The van der Waals surface area contributed by atoms with Crippen molar-refractivity contribution < 1.29 is 4.42 Å². The lowest BCUT2D eigenvalue weighted by Gasteiger charge is -2.13. The monoisotopic (exact) mass is 332 g/mol. The summed E-state index contributed by atoms with van der Waals surface area (Å²) in [6.45, 7) is 6.51. The Labute approximate surface area is 137 Å². The summed E-state index contributed by atoms with van der Waals surface area (Å²) < 4.78 is 5.65. The minimum Gasteiger partial charge on any atom is -0.411 e.